The molecule has 0 saturated heterocycles. The Morgan fingerprint density at radius 1 is 1.00 bits per heavy atom. The maximum atomic E-state index is 6.02. The highest BCUT2D eigenvalue weighted by molar-refractivity contribution is 4.90. The number of rotatable bonds is 7. The van der Waals surface area contributed by atoms with E-state index >= 15 is 0 Å². The molecule has 0 aromatic heterocycles. The normalized spacial score (nSPS) is 33.8. The molecule has 0 aliphatic heterocycles. The van der Waals surface area contributed by atoms with Gasteiger partial charge in [0.1, 0.15) is 0 Å². The summed E-state index contributed by atoms with van der Waals surface area (Å²) in [7, 11) is 0. The van der Waals surface area contributed by atoms with Gasteiger partial charge in [-0.15, -0.1) is 0 Å². The van der Waals surface area contributed by atoms with Gasteiger partial charge in [-0.3, -0.25) is 0 Å². The lowest BCUT2D eigenvalue weighted by Gasteiger charge is -2.21. The Morgan fingerprint density at radius 2 is 1.87 bits per heavy atom. The maximum Gasteiger partial charge on any atom is 0.0606 e. The fourth-order valence-corrected chi connectivity index (χ4v) is 3.33. The van der Waals surface area contributed by atoms with E-state index in [1.807, 2.05) is 0 Å². The van der Waals surface area contributed by atoms with Crippen LogP contribution in [0.1, 0.15) is 64.7 Å². The van der Waals surface area contributed by atoms with Crippen molar-refractivity contribution in [3.63, 3.8) is 0 Å². The van der Waals surface area contributed by atoms with Gasteiger partial charge in [-0.25, -0.2) is 0 Å². The van der Waals surface area contributed by atoms with Crippen molar-refractivity contribution in [3.8, 4) is 0 Å². The average molecular weight is 210 g/mol. The minimum Gasteiger partial charge on any atom is -0.378 e. The van der Waals surface area contributed by atoms with Crippen molar-refractivity contribution >= 4 is 0 Å². The first kappa shape index (κ1) is 11.4. The molecule has 2 rings (SSSR count). The summed E-state index contributed by atoms with van der Waals surface area (Å²) in [6, 6.07) is 0. The molecule has 0 heterocycles. The molecule has 0 N–H and O–H groups in total. The van der Waals surface area contributed by atoms with Crippen LogP contribution in [0.15, 0.2) is 0 Å². The lowest BCUT2D eigenvalue weighted by Crippen LogP contribution is -2.20. The lowest BCUT2D eigenvalue weighted by molar-refractivity contribution is 0.0145. The highest BCUT2D eigenvalue weighted by Gasteiger charge is 2.39. The van der Waals surface area contributed by atoms with Crippen LogP contribution in [0.4, 0.5) is 0 Å². The summed E-state index contributed by atoms with van der Waals surface area (Å²) < 4.78 is 6.02. The Bertz CT molecular complexity index is 178. The van der Waals surface area contributed by atoms with E-state index in [0.29, 0.717) is 6.10 Å². The number of hydrogen-bond acceptors (Lipinski definition) is 1. The van der Waals surface area contributed by atoms with Gasteiger partial charge in [0.05, 0.1) is 6.10 Å². The van der Waals surface area contributed by atoms with E-state index in [-0.39, 0.29) is 0 Å². The second-order valence-corrected chi connectivity index (χ2v) is 5.50. The van der Waals surface area contributed by atoms with Crippen LogP contribution < -0.4 is 0 Å². The number of ether oxygens (including phenoxy) is 1. The van der Waals surface area contributed by atoms with E-state index in [1.165, 1.54) is 57.8 Å². The number of hydrogen-bond donors (Lipinski definition) is 0. The maximum absolute atomic E-state index is 6.02. The van der Waals surface area contributed by atoms with Crippen LogP contribution >= 0.6 is 0 Å². The van der Waals surface area contributed by atoms with Gasteiger partial charge in [0.25, 0.3) is 0 Å². The highest BCUT2D eigenvalue weighted by atomic mass is 16.5. The monoisotopic (exact) mass is 210 g/mol. The van der Waals surface area contributed by atoms with E-state index in [1.54, 1.807) is 0 Å². The molecule has 0 aromatic carbocycles. The summed E-state index contributed by atoms with van der Waals surface area (Å²) in [6.45, 7) is 3.30. The van der Waals surface area contributed by atoms with Crippen LogP contribution in [-0.4, -0.2) is 12.7 Å². The first-order chi connectivity index (χ1) is 7.40. The van der Waals surface area contributed by atoms with Crippen molar-refractivity contribution < 1.29 is 4.74 Å². The Balaban J connectivity index is 1.48. The molecule has 2 saturated carbocycles. The molecular formula is C14H26O. The minimum atomic E-state index is 0.648. The van der Waals surface area contributed by atoms with Gasteiger partial charge in [-0.1, -0.05) is 32.6 Å². The molecule has 0 spiro atoms. The molecule has 1 nitrogen and oxygen atoms in total. The predicted octanol–water partition coefficient (Wildman–Crippen LogP) is 4.16. The molecule has 0 aromatic rings. The van der Waals surface area contributed by atoms with Crippen LogP contribution in [0, 0.1) is 11.8 Å². The summed E-state index contributed by atoms with van der Waals surface area (Å²) >= 11 is 0. The van der Waals surface area contributed by atoms with E-state index in [0.717, 1.165) is 18.4 Å². The number of unbranched alkanes of at least 4 members (excludes halogenated alkanes) is 4. The van der Waals surface area contributed by atoms with Gasteiger partial charge < -0.3 is 4.74 Å². The molecule has 15 heavy (non-hydrogen) atoms. The van der Waals surface area contributed by atoms with Crippen molar-refractivity contribution in [3.05, 3.63) is 0 Å². The molecule has 3 atom stereocenters. The summed E-state index contributed by atoms with van der Waals surface area (Å²) in [5.41, 5.74) is 0. The molecule has 2 fully saturated rings. The Hall–Kier alpha value is -0.0400. The van der Waals surface area contributed by atoms with Crippen LogP contribution in [0.25, 0.3) is 0 Å². The largest absolute Gasteiger partial charge is 0.378 e. The Labute approximate surface area is 94.6 Å². The first-order valence-corrected chi connectivity index (χ1v) is 7.01. The van der Waals surface area contributed by atoms with Crippen LogP contribution in [-0.2, 0) is 4.74 Å². The van der Waals surface area contributed by atoms with Gasteiger partial charge >= 0.3 is 0 Å². The molecule has 3 unspecified atom stereocenters. The second-order valence-electron chi connectivity index (χ2n) is 5.50. The Morgan fingerprint density at radius 3 is 2.53 bits per heavy atom. The third-order valence-electron chi connectivity index (χ3n) is 4.25. The van der Waals surface area contributed by atoms with Crippen molar-refractivity contribution in [1.82, 2.24) is 0 Å². The number of fused-ring (bicyclic) bond motifs is 2. The van der Waals surface area contributed by atoms with Gasteiger partial charge in [0, 0.05) is 6.61 Å². The van der Waals surface area contributed by atoms with Gasteiger partial charge in [-0.2, -0.15) is 0 Å². The zero-order chi connectivity index (χ0) is 10.5. The smallest absolute Gasteiger partial charge is 0.0606 e. The topological polar surface area (TPSA) is 9.23 Å². The van der Waals surface area contributed by atoms with Crippen molar-refractivity contribution in [2.75, 3.05) is 6.61 Å². The molecular weight excluding hydrogens is 184 g/mol. The SMILES string of the molecule is CCCCCCCOC1CC2CCC1C2. The summed E-state index contributed by atoms with van der Waals surface area (Å²) in [4.78, 5) is 0. The van der Waals surface area contributed by atoms with E-state index < -0.39 is 0 Å². The summed E-state index contributed by atoms with van der Waals surface area (Å²) in [5, 5.41) is 0. The van der Waals surface area contributed by atoms with Crippen LogP contribution in [0.2, 0.25) is 0 Å². The summed E-state index contributed by atoms with van der Waals surface area (Å²) in [6.07, 6.45) is 13.2. The van der Waals surface area contributed by atoms with Crippen molar-refractivity contribution in [2.45, 2.75) is 70.8 Å². The lowest BCUT2D eigenvalue weighted by atomic mass is 9.98. The fraction of sp³-hybridized carbons (Fsp3) is 1.00. The molecule has 88 valence electrons. The molecule has 0 amide bonds. The highest BCUT2D eigenvalue weighted by Crippen LogP contribution is 2.45. The minimum absolute atomic E-state index is 0.648. The van der Waals surface area contributed by atoms with Gasteiger partial charge in [-0.05, 0) is 43.9 Å². The van der Waals surface area contributed by atoms with E-state index in [9.17, 15) is 0 Å². The van der Waals surface area contributed by atoms with Crippen molar-refractivity contribution in [1.29, 1.82) is 0 Å². The average Bonchev–Trinajstić information content (AvgIpc) is 2.85. The van der Waals surface area contributed by atoms with Crippen LogP contribution in [0.5, 0.6) is 0 Å². The Kier molecular flexibility index (Phi) is 4.49. The van der Waals surface area contributed by atoms with Crippen molar-refractivity contribution in [2.24, 2.45) is 11.8 Å². The first-order valence-electron chi connectivity index (χ1n) is 7.01. The quantitative estimate of drug-likeness (QED) is 0.573. The van der Waals surface area contributed by atoms with Crippen LogP contribution in [0.3, 0.4) is 0 Å². The molecule has 2 aliphatic carbocycles. The third kappa shape index (κ3) is 3.21. The van der Waals surface area contributed by atoms with Gasteiger partial charge in [0.2, 0.25) is 0 Å². The molecule has 2 bridgehead atoms. The van der Waals surface area contributed by atoms with Gasteiger partial charge in [0.15, 0.2) is 0 Å². The third-order valence-corrected chi connectivity index (χ3v) is 4.25. The predicted molar refractivity (Wildman–Crippen MR) is 63.9 cm³/mol. The zero-order valence-electron chi connectivity index (χ0n) is 10.2. The van der Waals surface area contributed by atoms with E-state index in [4.69, 9.17) is 4.74 Å². The molecule has 0 radical (unpaired) electrons. The molecule has 2 aliphatic rings. The summed E-state index contributed by atoms with van der Waals surface area (Å²) in [5.74, 6) is 1.96. The van der Waals surface area contributed by atoms with E-state index in [2.05, 4.69) is 6.92 Å². The fourth-order valence-electron chi connectivity index (χ4n) is 3.33. The molecule has 1 heteroatoms. The standard InChI is InChI=1S/C14H26O/c1-2-3-4-5-6-9-15-14-11-12-7-8-13(14)10-12/h12-14H,2-11H2,1H3. The second kappa shape index (κ2) is 5.89. The zero-order valence-corrected chi connectivity index (χ0v) is 10.2.